The molecule has 0 aliphatic rings. The molecular formula is C12H26OS4. The maximum absolute atomic E-state index is 6.17. The number of hydrogen-bond donors (Lipinski definition) is 4. The van der Waals surface area contributed by atoms with Crippen molar-refractivity contribution < 1.29 is 4.74 Å². The highest BCUT2D eigenvalue weighted by molar-refractivity contribution is 7.80. The molecule has 0 aromatic rings. The standard InChI is InChI=1S/C12H26OS4/c14-7-1-3-11(5-9-16)13-12(6-10-17)4-2-8-15/h11-12,14-17H,1-10H2. The molecule has 0 fully saturated rings. The minimum Gasteiger partial charge on any atom is -0.375 e. The Labute approximate surface area is 128 Å². The van der Waals surface area contributed by atoms with E-state index in [1.165, 1.54) is 0 Å². The van der Waals surface area contributed by atoms with Crippen molar-refractivity contribution in [2.45, 2.75) is 50.7 Å². The summed E-state index contributed by atoms with van der Waals surface area (Å²) < 4.78 is 6.17. The molecule has 0 radical (unpaired) electrons. The predicted octanol–water partition coefficient (Wildman–Crippen LogP) is 3.80. The van der Waals surface area contributed by atoms with Gasteiger partial charge in [0.1, 0.15) is 0 Å². The molecule has 2 atom stereocenters. The zero-order valence-corrected chi connectivity index (χ0v) is 14.0. The van der Waals surface area contributed by atoms with E-state index in [1.54, 1.807) is 0 Å². The third-order valence-electron chi connectivity index (χ3n) is 2.66. The van der Waals surface area contributed by atoms with Gasteiger partial charge in [-0.3, -0.25) is 0 Å². The third-order valence-corrected chi connectivity index (χ3v) is 3.80. The first-order chi connectivity index (χ1) is 8.28. The molecule has 0 amide bonds. The summed E-state index contributed by atoms with van der Waals surface area (Å²) in [6.07, 6.45) is 7.14. The van der Waals surface area contributed by atoms with Crippen LogP contribution in [0.4, 0.5) is 0 Å². The number of rotatable bonds is 12. The number of ether oxygens (including phenoxy) is 1. The summed E-state index contributed by atoms with van der Waals surface area (Å²) in [6.45, 7) is 0. The molecule has 2 unspecified atom stereocenters. The van der Waals surface area contributed by atoms with Gasteiger partial charge >= 0.3 is 0 Å². The summed E-state index contributed by atoms with van der Waals surface area (Å²) >= 11 is 17.1. The molecule has 0 heterocycles. The molecule has 1 nitrogen and oxygen atoms in total. The van der Waals surface area contributed by atoms with Crippen LogP contribution in [0.25, 0.3) is 0 Å². The Morgan fingerprint density at radius 1 is 0.588 bits per heavy atom. The summed E-state index contributed by atoms with van der Waals surface area (Å²) in [4.78, 5) is 0. The van der Waals surface area contributed by atoms with E-state index >= 15 is 0 Å². The summed E-state index contributed by atoms with van der Waals surface area (Å²) in [5, 5.41) is 0. The highest BCUT2D eigenvalue weighted by atomic mass is 32.1. The van der Waals surface area contributed by atoms with Crippen molar-refractivity contribution >= 4 is 50.5 Å². The molecule has 0 N–H and O–H groups in total. The Morgan fingerprint density at radius 3 is 1.29 bits per heavy atom. The zero-order valence-electron chi connectivity index (χ0n) is 10.4. The van der Waals surface area contributed by atoms with Crippen LogP contribution in [-0.2, 0) is 4.74 Å². The maximum Gasteiger partial charge on any atom is 0.0587 e. The predicted molar refractivity (Wildman–Crippen MR) is 91.8 cm³/mol. The van der Waals surface area contributed by atoms with Gasteiger partial charge in [-0.2, -0.15) is 50.5 Å². The SMILES string of the molecule is SCCCC(CCS)OC(CCS)CCCS. The average Bonchev–Trinajstić information content (AvgIpc) is 2.33. The molecule has 104 valence electrons. The van der Waals surface area contributed by atoms with E-state index in [4.69, 9.17) is 4.74 Å². The molecular weight excluding hydrogens is 288 g/mol. The van der Waals surface area contributed by atoms with Crippen LogP contribution in [0, 0.1) is 0 Å². The molecule has 0 saturated heterocycles. The average molecular weight is 315 g/mol. The molecule has 0 aromatic heterocycles. The molecule has 0 bridgehead atoms. The van der Waals surface area contributed by atoms with Crippen molar-refractivity contribution in [3.05, 3.63) is 0 Å². The highest BCUT2D eigenvalue weighted by Gasteiger charge is 2.15. The Hall–Kier alpha value is 1.36. The van der Waals surface area contributed by atoms with Gasteiger partial charge in [0, 0.05) is 0 Å². The molecule has 0 rings (SSSR count). The van der Waals surface area contributed by atoms with Gasteiger partial charge in [-0.15, -0.1) is 0 Å². The lowest BCUT2D eigenvalue weighted by Crippen LogP contribution is -2.24. The first-order valence-electron chi connectivity index (χ1n) is 6.37. The van der Waals surface area contributed by atoms with Crippen molar-refractivity contribution in [1.29, 1.82) is 0 Å². The molecule has 0 aliphatic heterocycles. The van der Waals surface area contributed by atoms with E-state index in [0.29, 0.717) is 12.2 Å². The Balaban J connectivity index is 4.02. The van der Waals surface area contributed by atoms with Crippen LogP contribution in [0.2, 0.25) is 0 Å². The second-order valence-corrected chi connectivity index (χ2v) is 5.93. The lowest BCUT2D eigenvalue weighted by molar-refractivity contribution is -0.0226. The second-order valence-electron chi connectivity index (χ2n) is 4.14. The lowest BCUT2D eigenvalue weighted by Gasteiger charge is -2.24. The third kappa shape index (κ3) is 10.9. The van der Waals surface area contributed by atoms with Crippen molar-refractivity contribution in [1.82, 2.24) is 0 Å². The van der Waals surface area contributed by atoms with E-state index in [2.05, 4.69) is 50.5 Å². The van der Waals surface area contributed by atoms with Gasteiger partial charge in [-0.05, 0) is 61.5 Å². The van der Waals surface area contributed by atoms with Crippen LogP contribution < -0.4 is 0 Å². The highest BCUT2D eigenvalue weighted by Crippen LogP contribution is 2.17. The summed E-state index contributed by atoms with van der Waals surface area (Å²) in [7, 11) is 0. The van der Waals surface area contributed by atoms with Gasteiger partial charge in [0.2, 0.25) is 0 Å². The van der Waals surface area contributed by atoms with Crippen LogP contribution in [-0.4, -0.2) is 35.2 Å². The van der Waals surface area contributed by atoms with Gasteiger partial charge < -0.3 is 4.74 Å². The molecule has 0 aliphatic carbocycles. The molecule has 0 spiro atoms. The first-order valence-corrected chi connectivity index (χ1v) is 8.90. The fraction of sp³-hybridized carbons (Fsp3) is 1.00. The van der Waals surface area contributed by atoms with Gasteiger partial charge in [-0.25, -0.2) is 0 Å². The molecule has 0 saturated carbocycles. The van der Waals surface area contributed by atoms with E-state index in [9.17, 15) is 0 Å². The van der Waals surface area contributed by atoms with E-state index in [0.717, 1.165) is 61.5 Å². The quantitative estimate of drug-likeness (QED) is 0.401. The van der Waals surface area contributed by atoms with Gasteiger partial charge in [-0.1, -0.05) is 0 Å². The van der Waals surface area contributed by atoms with Crippen molar-refractivity contribution in [2.24, 2.45) is 0 Å². The Morgan fingerprint density at radius 2 is 1.00 bits per heavy atom. The number of thiol groups is 4. The number of hydrogen-bond acceptors (Lipinski definition) is 5. The van der Waals surface area contributed by atoms with Crippen LogP contribution in [0.5, 0.6) is 0 Å². The molecule has 0 aromatic carbocycles. The van der Waals surface area contributed by atoms with E-state index in [1.807, 2.05) is 0 Å². The van der Waals surface area contributed by atoms with Gasteiger partial charge in [0.05, 0.1) is 12.2 Å². The molecule has 17 heavy (non-hydrogen) atoms. The second kappa shape index (κ2) is 13.8. The first kappa shape index (κ1) is 18.4. The summed E-state index contributed by atoms with van der Waals surface area (Å²) in [6, 6.07) is 0. The fourth-order valence-electron chi connectivity index (χ4n) is 1.76. The van der Waals surface area contributed by atoms with E-state index < -0.39 is 0 Å². The van der Waals surface area contributed by atoms with Gasteiger partial charge in [0.25, 0.3) is 0 Å². The smallest absolute Gasteiger partial charge is 0.0587 e. The largest absolute Gasteiger partial charge is 0.375 e. The van der Waals surface area contributed by atoms with Crippen molar-refractivity contribution in [3.63, 3.8) is 0 Å². The van der Waals surface area contributed by atoms with Crippen LogP contribution in [0.1, 0.15) is 38.5 Å². The summed E-state index contributed by atoms with van der Waals surface area (Å²) in [5.41, 5.74) is 0. The minimum absolute atomic E-state index is 0.337. The van der Waals surface area contributed by atoms with Crippen LogP contribution >= 0.6 is 50.5 Å². The lowest BCUT2D eigenvalue weighted by atomic mass is 10.1. The Kier molecular flexibility index (Phi) is 14.9. The van der Waals surface area contributed by atoms with E-state index in [-0.39, 0.29) is 0 Å². The van der Waals surface area contributed by atoms with Crippen LogP contribution in [0.15, 0.2) is 0 Å². The minimum atomic E-state index is 0.337. The summed E-state index contributed by atoms with van der Waals surface area (Å²) in [5.74, 6) is 3.63. The fourth-order valence-corrected chi connectivity index (χ4v) is 2.70. The monoisotopic (exact) mass is 314 g/mol. The topological polar surface area (TPSA) is 9.23 Å². The van der Waals surface area contributed by atoms with Crippen molar-refractivity contribution in [3.8, 4) is 0 Å². The van der Waals surface area contributed by atoms with Crippen LogP contribution in [0.3, 0.4) is 0 Å². The molecule has 5 heteroatoms. The maximum atomic E-state index is 6.17. The zero-order chi connectivity index (χ0) is 12.9. The van der Waals surface area contributed by atoms with Crippen molar-refractivity contribution in [2.75, 3.05) is 23.0 Å². The Bertz CT molecular complexity index is 141. The normalized spacial score (nSPS) is 14.8. The van der Waals surface area contributed by atoms with Gasteiger partial charge in [0.15, 0.2) is 0 Å².